The minimum Gasteiger partial charge on any atom is -0.330 e. The minimum atomic E-state index is 0.0551. The second-order valence-electron chi connectivity index (χ2n) is 15.1. The first kappa shape index (κ1) is 33.2. The van der Waals surface area contributed by atoms with Gasteiger partial charge in [0.15, 0.2) is 5.84 Å². The summed E-state index contributed by atoms with van der Waals surface area (Å²) in [7, 11) is 0. The van der Waals surface area contributed by atoms with Gasteiger partial charge in [0.2, 0.25) is 5.96 Å². The van der Waals surface area contributed by atoms with Crippen molar-refractivity contribution in [1.29, 1.82) is 0 Å². The number of hydrogen-bond acceptors (Lipinski definition) is 4. The fourth-order valence-corrected chi connectivity index (χ4v) is 9.25. The van der Waals surface area contributed by atoms with Gasteiger partial charge < -0.3 is 14.8 Å². The molecule has 4 heterocycles. The van der Waals surface area contributed by atoms with Crippen LogP contribution >= 0.6 is 0 Å². The van der Waals surface area contributed by atoms with E-state index in [-0.39, 0.29) is 6.04 Å². The van der Waals surface area contributed by atoms with Gasteiger partial charge in [-0.2, -0.15) is 4.99 Å². The summed E-state index contributed by atoms with van der Waals surface area (Å²) in [5.41, 5.74) is 13.2. The van der Waals surface area contributed by atoms with E-state index < -0.39 is 0 Å². The molecule has 7 aromatic carbocycles. The number of fused-ring (bicyclic) bond motifs is 10. The van der Waals surface area contributed by atoms with E-state index in [2.05, 4.69) is 183 Å². The van der Waals surface area contributed by atoms with E-state index in [1.54, 1.807) is 0 Å². The first-order chi connectivity index (χ1) is 29.3. The molecule has 1 unspecified atom stereocenters. The number of anilines is 2. The second-order valence-corrected chi connectivity index (χ2v) is 15.1. The highest BCUT2D eigenvalue weighted by Crippen LogP contribution is 2.48. The highest BCUT2D eigenvalue weighted by Gasteiger charge is 2.34. The average Bonchev–Trinajstić information content (AvgIpc) is 3.77. The number of nitrogens with one attached hydrogen (secondary N) is 1. The Hall–Kier alpha value is -7.96. The topological polar surface area (TPSA) is 49.9 Å². The SMILES string of the molecule is C1=CC2C(=CC(n3c4ccccc4c4c3ccc3c5ccccc5n(C5=NC(c6ccccc6)=NC(c6ccccc6)=CN5)c34)=C1)c1ccccc1N2c1ccccc1. The lowest BCUT2D eigenvalue weighted by atomic mass is 10.0. The van der Waals surface area contributed by atoms with Crippen LogP contribution < -0.4 is 10.2 Å². The van der Waals surface area contributed by atoms with Gasteiger partial charge in [-0.25, -0.2) is 4.99 Å². The third-order valence-electron chi connectivity index (χ3n) is 11.8. The standard InChI is InChI=1S/C53H36N6/c1-4-17-35(18-5-1)44-34-54-53(56-52(55-44)36-19-6-2-7-20-36)59-46-28-14-10-24-39(46)41-31-32-49-50(51(41)59)42-26-12-15-29-47(42)58(49)38-23-16-30-48-43(33-38)40-25-11-13-27-45(40)57(48)37-21-8-3-9-22-37/h1-34,48H,(H,54,55,56). The molecule has 0 saturated heterocycles. The number of benzene rings is 7. The van der Waals surface area contributed by atoms with Gasteiger partial charge in [0, 0.05) is 61.5 Å². The van der Waals surface area contributed by atoms with Crippen molar-refractivity contribution in [2.45, 2.75) is 6.04 Å². The maximum Gasteiger partial charge on any atom is 0.214 e. The van der Waals surface area contributed by atoms with Crippen molar-refractivity contribution in [3.63, 3.8) is 0 Å². The van der Waals surface area contributed by atoms with E-state index in [9.17, 15) is 0 Å². The molecule has 9 aromatic rings. The van der Waals surface area contributed by atoms with Gasteiger partial charge in [0.05, 0.1) is 33.8 Å². The van der Waals surface area contributed by atoms with Crippen LogP contribution in [0.1, 0.15) is 16.7 Å². The first-order valence-electron chi connectivity index (χ1n) is 20.0. The lowest BCUT2D eigenvalue weighted by Crippen LogP contribution is -2.26. The third kappa shape index (κ3) is 5.20. The maximum absolute atomic E-state index is 5.37. The van der Waals surface area contributed by atoms with E-state index in [0.717, 1.165) is 60.7 Å². The molecular formula is C53H36N6. The summed E-state index contributed by atoms with van der Waals surface area (Å²) in [5, 5.41) is 8.31. The molecule has 0 radical (unpaired) electrons. The molecule has 3 aliphatic rings. The molecule has 0 saturated carbocycles. The molecule has 278 valence electrons. The molecule has 6 heteroatoms. The normalized spacial score (nSPS) is 16.2. The number of rotatable bonds is 4. The molecule has 2 aliphatic heterocycles. The molecule has 1 atom stereocenters. The third-order valence-corrected chi connectivity index (χ3v) is 11.8. The molecule has 6 nitrogen and oxygen atoms in total. The number of aliphatic imine (C=N–C) groups is 2. The van der Waals surface area contributed by atoms with Crippen molar-refractivity contribution in [3.05, 3.63) is 223 Å². The highest BCUT2D eigenvalue weighted by molar-refractivity contribution is 6.29. The zero-order valence-electron chi connectivity index (χ0n) is 31.9. The molecule has 0 amide bonds. The summed E-state index contributed by atoms with van der Waals surface area (Å²) >= 11 is 0. The fraction of sp³-hybridized carbons (Fsp3) is 0.0189. The largest absolute Gasteiger partial charge is 0.330 e. The predicted octanol–water partition coefficient (Wildman–Crippen LogP) is 12.2. The minimum absolute atomic E-state index is 0.0551. The van der Waals surface area contributed by atoms with Crippen LogP contribution in [0, 0.1) is 0 Å². The van der Waals surface area contributed by atoms with Gasteiger partial charge in [-0.1, -0.05) is 152 Å². The Labute approximate surface area is 341 Å². The number of nitrogens with zero attached hydrogens (tertiary/aromatic N) is 5. The monoisotopic (exact) mass is 756 g/mol. The highest BCUT2D eigenvalue weighted by atomic mass is 15.2. The summed E-state index contributed by atoms with van der Waals surface area (Å²) in [5.74, 6) is 1.32. The van der Waals surface area contributed by atoms with E-state index in [1.165, 1.54) is 27.9 Å². The Balaban J connectivity index is 1.11. The fourth-order valence-electron chi connectivity index (χ4n) is 9.25. The Kier molecular flexibility index (Phi) is 7.50. The first-order valence-corrected chi connectivity index (χ1v) is 20.0. The molecule has 0 fully saturated rings. The van der Waals surface area contributed by atoms with Crippen LogP contribution in [0.3, 0.4) is 0 Å². The van der Waals surface area contributed by atoms with Gasteiger partial charge in [0.25, 0.3) is 0 Å². The Morgan fingerprint density at radius 2 is 1.19 bits per heavy atom. The van der Waals surface area contributed by atoms with Crippen LogP contribution in [0.5, 0.6) is 0 Å². The van der Waals surface area contributed by atoms with E-state index in [4.69, 9.17) is 9.98 Å². The van der Waals surface area contributed by atoms with Gasteiger partial charge >= 0.3 is 0 Å². The van der Waals surface area contributed by atoms with Gasteiger partial charge in [-0.15, -0.1) is 0 Å². The van der Waals surface area contributed by atoms with Crippen LogP contribution in [0.25, 0.3) is 60.6 Å². The van der Waals surface area contributed by atoms with Crippen molar-refractivity contribution in [2.24, 2.45) is 9.98 Å². The van der Waals surface area contributed by atoms with Gasteiger partial charge in [-0.3, -0.25) is 4.57 Å². The number of amidine groups is 1. The summed E-state index contributed by atoms with van der Waals surface area (Å²) in [6, 6.07) is 62.1. The molecule has 1 aliphatic carbocycles. The zero-order chi connectivity index (χ0) is 38.9. The lowest BCUT2D eigenvalue weighted by Gasteiger charge is -2.25. The van der Waals surface area contributed by atoms with Gasteiger partial charge in [0.1, 0.15) is 0 Å². The second kappa shape index (κ2) is 13.3. The quantitative estimate of drug-likeness (QED) is 0.194. The van der Waals surface area contributed by atoms with Crippen LogP contribution in [-0.2, 0) is 0 Å². The number of para-hydroxylation sites is 4. The van der Waals surface area contributed by atoms with Crippen molar-refractivity contribution >= 4 is 83.7 Å². The van der Waals surface area contributed by atoms with E-state index in [1.807, 2.05) is 42.6 Å². The number of aromatic nitrogens is 2. The van der Waals surface area contributed by atoms with Crippen LogP contribution in [0.15, 0.2) is 216 Å². The van der Waals surface area contributed by atoms with Crippen molar-refractivity contribution < 1.29 is 0 Å². The number of allylic oxidation sites excluding steroid dienone is 4. The zero-order valence-corrected chi connectivity index (χ0v) is 31.9. The van der Waals surface area contributed by atoms with E-state index in [0.29, 0.717) is 11.8 Å². The van der Waals surface area contributed by atoms with Crippen LogP contribution in [0.4, 0.5) is 11.4 Å². The van der Waals surface area contributed by atoms with E-state index >= 15 is 0 Å². The van der Waals surface area contributed by atoms with Crippen LogP contribution in [0.2, 0.25) is 0 Å². The molecular weight excluding hydrogens is 721 g/mol. The molecule has 2 aromatic heterocycles. The summed E-state index contributed by atoms with van der Waals surface area (Å²) in [4.78, 5) is 13.0. The summed E-state index contributed by atoms with van der Waals surface area (Å²) in [6.07, 6.45) is 11.2. The Morgan fingerprint density at radius 3 is 1.98 bits per heavy atom. The molecule has 1 N–H and O–H groups in total. The predicted molar refractivity (Wildman–Crippen MR) is 246 cm³/mol. The molecule has 0 spiro atoms. The summed E-state index contributed by atoms with van der Waals surface area (Å²) in [6.45, 7) is 0. The van der Waals surface area contributed by atoms with Crippen LogP contribution in [-0.4, -0.2) is 27.0 Å². The Morgan fingerprint density at radius 1 is 0.525 bits per heavy atom. The lowest BCUT2D eigenvalue weighted by molar-refractivity contribution is 1.00. The molecule has 0 bridgehead atoms. The maximum atomic E-state index is 5.37. The smallest absolute Gasteiger partial charge is 0.214 e. The summed E-state index contributed by atoms with van der Waals surface area (Å²) < 4.78 is 4.74. The Bertz CT molecular complexity index is 3340. The number of hydrogen-bond donors (Lipinski definition) is 1. The van der Waals surface area contributed by atoms with Crippen molar-refractivity contribution in [2.75, 3.05) is 4.90 Å². The average molecular weight is 757 g/mol. The van der Waals surface area contributed by atoms with Crippen molar-refractivity contribution in [1.82, 2.24) is 14.5 Å². The van der Waals surface area contributed by atoms with Gasteiger partial charge in [-0.05, 0) is 54.1 Å². The van der Waals surface area contributed by atoms with Crippen molar-refractivity contribution in [3.8, 4) is 0 Å². The molecule has 12 rings (SSSR count). The molecule has 59 heavy (non-hydrogen) atoms.